The van der Waals surface area contributed by atoms with E-state index in [0.29, 0.717) is 0 Å². The highest BCUT2D eigenvalue weighted by Gasteiger charge is 2.45. The average molecular weight is 189 g/mol. The highest BCUT2D eigenvalue weighted by Crippen LogP contribution is 2.34. The molecule has 0 bridgehead atoms. The number of hydrogen-bond acceptors (Lipinski definition) is 3. The fraction of sp³-hybridized carbons (Fsp3) is 1.00. The Balaban J connectivity index is 4.28. The minimum Gasteiger partial charge on any atom is -0.361 e. The largest absolute Gasteiger partial charge is 0.361 e. The molecule has 5 heteroatoms. The van der Waals surface area contributed by atoms with Crippen LogP contribution in [0.3, 0.4) is 0 Å². The molecular weight excluding hydrogens is 179 g/mol. The molecule has 1 N–H and O–H groups in total. The number of ether oxygens (including phenoxy) is 2. The lowest BCUT2D eigenvalue weighted by molar-refractivity contribution is -0.228. The van der Waals surface area contributed by atoms with Crippen molar-refractivity contribution in [1.82, 2.24) is 0 Å². The molecule has 0 saturated heterocycles. The van der Waals surface area contributed by atoms with Crippen LogP contribution in [0.5, 0.6) is 0 Å². The van der Waals surface area contributed by atoms with E-state index >= 15 is 0 Å². The van der Waals surface area contributed by atoms with Gasteiger partial charge in [-0.05, 0) is 6.92 Å². The van der Waals surface area contributed by atoms with Crippen LogP contribution in [0.4, 0.5) is 0 Å². The van der Waals surface area contributed by atoms with Crippen LogP contribution in [0.15, 0.2) is 0 Å². The van der Waals surface area contributed by atoms with Gasteiger partial charge in [0.25, 0.3) is 4.52 Å². The van der Waals surface area contributed by atoms with E-state index in [9.17, 15) is 5.11 Å². The molecule has 0 aliphatic carbocycles. The molecule has 0 amide bonds. The van der Waals surface area contributed by atoms with Crippen LogP contribution in [0, 0.1) is 0 Å². The third kappa shape index (κ3) is 1.97. The molecular formula is C5H10Cl2O3. The molecule has 0 aromatic rings. The molecule has 0 aromatic carbocycles. The van der Waals surface area contributed by atoms with Gasteiger partial charge in [0.2, 0.25) is 5.79 Å². The van der Waals surface area contributed by atoms with Gasteiger partial charge >= 0.3 is 0 Å². The molecule has 0 rings (SSSR count). The third-order valence-corrected chi connectivity index (χ3v) is 2.20. The standard InChI is InChI=1S/C5H10Cl2O3/c1-4(8,9-2)5(6,7)10-3/h8H,1-3H3. The molecule has 0 radical (unpaired) electrons. The van der Waals surface area contributed by atoms with Gasteiger partial charge in [-0.15, -0.1) is 0 Å². The summed E-state index contributed by atoms with van der Waals surface area (Å²) in [5, 5.41) is 9.24. The van der Waals surface area contributed by atoms with Gasteiger partial charge < -0.3 is 14.6 Å². The first-order valence-electron chi connectivity index (χ1n) is 2.58. The Morgan fingerprint density at radius 2 is 1.60 bits per heavy atom. The molecule has 1 atom stereocenters. The van der Waals surface area contributed by atoms with E-state index in [-0.39, 0.29) is 0 Å². The molecule has 0 aliphatic rings. The van der Waals surface area contributed by atoms with E-state index in [2.05, 4.69) is 9.47 Å². The normalized spacial score (nSPS) is 18.6. The van der Waals surface area contributed by atoms with Crippen molar-refractivity contribution in [2.75, 3.05) is 14.2 Å². The van der Waals surface area contributed by atoms with Crippen molar-refractivity contribution in [2.45, 2.75) is 17.2 Å². The summed E-state index contributed by atoms with van der Waals surface area (Å²) in [5.74, 6) is -1.70. The van der Waals surface area contributed by atoms with E-state index in [4.69, 9.17) is 23.2 Å². The zero-order chi connectivity index (χ0) is 8.41. The fourth-order valence-electron chi connectivity index (χ4n) is 0.308. The predicted octanol–water partition coefficient (Wildman–Crippen LogP) is 1.12. The van der Waals surface area contributed by atoms with Crippen molar-refractivity contribution in [2.24, 2.45) is 0 Å². The first-order chi connectivity index (χ1) is 4.37. The van der Waals surface area contributed by atoms with Crippen LogP contribution < -0.4 is 0 Å². The minimum absolute atomic E-state index is 1.27. The van der Waals surface area contributed by atoms with Gasteiger partial charge in [-0.25, -0.2) is 0 Å². The summed E-state index contributed by atoms with van der Waals surface area (Å²) in [6.45, 7) is 1.30. The quantitative estimate of drug-likeness (QED) is 0.534. The van der Waals surface area contributed by atoms with Gasteiger partial charge in [0.05, 0.1) is 0 Å². The SMILES string of the molecule is COC(C)(O)C(Cl)(Cl)OC. The Hall–Kier alpha value is 0.460. The molecule has 0 aromatic heterocycles. The Labute approximate surface area is 69.8 Å². The molecule has 3 nitrogen and oxygen atoms in total. The van der Waals surface area contributed by atoms with Gasteiger partial charge in [-0.2, -0.15) is 0 Å². The molecule has 1 unspecified atom stereocenters. The van der Waals surface area contributed by atoms with E-state index in [1.54, 1.807) is 0 Å². The number of aliphatic hydroxyl groups is 1. The van der Waals surface area contributed by atoms with Gasteiger partial charge in [0.15, 0.2) is 0 Å². The first-order valence-corrected chi connectivity index (χ1v) is 3.33. The van der Waals surface area contributed by atoms with Gasteiger partial charge in [0, 0.05) is 14.2 Å². The highest BCUT2D eigenvalue weighted by atomic mass is 35.5. The lowest BCUT2D eigenvalue weighted by atomic mass is 10.3. The van der Waals surface area contributed by atoms with Crippen LogP contribution in [-0.2, 0) is 9.47 Å². The Morgan fingerprint density at radius 3 is 1.70 bits per heavy atom. The fourth-order valence-corrected chi connectivity index (χ4v) is 0.462. The monoisotopic (exact) mass is 188 g/mol. The molecule has 0 spiro atoms. The van der Waals surface area contributed by atoms with E-state index in [1.807, 2.05) is 0 Å². The maximum atomic E-state index is 9.24. The van der Waals surface area contributed by atoms with Crippen molar-refractivity contribution < 1.29 is 14.6 Å². The minimum atomic E-state index is -1.73. The second-order valence-electron chi connectivity index (χ2n) is 1.91. The van der Waals surface area contributed by atoms with Gasteiger partial charge in [-0.3, -0.25) is 0 Å². The van der Waals surface area contributed by atoms with Gasteiger partial charge in [-0.1, -0.05) is 23.2 Å². The number of rotatable bonds is 3. The summed E-state index contributed by atoms with van der Waals surface area (Å²) in [6, 6.07) is 0. The maximum Gasteiger partial charge on any atom is 0.272 e. The first kappa shape index (κ1) is 10.5. The number of hydrogen-bond donors (Lipinski definition) is 1. The van der Waals surface area contributed by atoms with Crippen LogP contribution in [0.25, 0.3) is 0 Å². The van der Waals surface area contributed by atoms with Crippen molar-refractivity contribution in [1.29, 1.82) is 0 Å². The Bertz CT molecular complexity index is 99.5. The zero-order valence-electron chi connectivity index (χ0n) is 6.02. The molecule has 0 aliphatic heterocycles. The van der Waals surface area contributed by atoms with Gasteiger partial charge in [0.1, 0.15) is 0 Å². The van der Waals surface area contributed by atoms with Crippen molar-refractivity contribution in [3.8, 4) is 0 Å². The zero-order valence-corrected chi connectivity index (χ0v) is 7.53. The summed E-state index contributed by atoms with van der Waals surface area (Å²) < 4.78 is 7.37. The van der Waals surface area contributed by atoms with Crippen molar-refractivity contribution >= 4 is 23.2 Å². The lowest BCUT2D eigenvalue weighted by Crippen LogP contribution is -2.46. The van der Waals surface area contributed by atoms with Crippen molar-refractivity contribution in [3.63, 3.8) is 0 Å². The molecule has 0 heterocycles. The van der Waals surface area contributed by atoms with E-state index in [1.165, 1.54) is 21.1 Å². The van der Waals surface area contributed by atoms with E-state index in [0.717, 1.165) is 0 Å². The Morgan fingerprint density at radius 1 is 1.20 bits per heavy atom. The maximum absolute atomic E-state index is 9.24. The number of methoxy groups -OCH3 is 2. The predicted molar refractivity (Wildman–Crippen MR) is 39.1 cm³/mol. The second kappa shape index (κ2) is 3.24. The topological polar surface area (TPSA) is 38.7 Å². The summed E-state index contributed by atoms with van der Waals surface area (Å²) in [5.41, 5.74) is 0. The summed E-state index contributed by atoms with van der Waals surface area (Å²) >= 11 is 11.0. The second-order valence-corrected chi connectivity index (χ2v) is 3.17. The summed E-state index contributed by atoms with van der Waals surface area (Å²) in [6.07, 6.45) is 0. The summed E-state index contributed by atoms with van der Waals surface area (Å²) in [7, 11) is 2.55. The number of alkyl halides is 2. The van der Waals surface area contributed by atoms with E-state index < -0.39 is 10.3 Å². The highest BCUT2D eigenvalue weighted by molar-refractivity contribution is 6.47. The third-order valence-electron chi connectivity index (χ3n) is 1.19. The average Bonchev–Trinajstić information content (AvgIpc) is 1.88. The summed E-state index contributed by atoms with van der Waals surface area (Å²) in [4.78, 5) is 0. The van der Waals surface area contributed by atoms with Crippen LogP contribution in [-0.4, -0.2) is 29.6 Å². The smallest absolute Gasteiger partial charge is 0.272 e. The molecule has 0 fully saturated rings. The molecule has 62 valence electrons. The Kier molecular flexibility index (Phi) is 3.39. The lowest BCUT2D eigenvalue weighted by Gasteiger charge is -2.32. The van der Waals surface area contributed by atoms with Crippen molar-refractivity contribution in [3.05, 3.63) is 0 Å². The number of halogens is 2. The van der Waals surface area contributed by atoms with Crippen LogP contribution in [0.2, 0.25) is 0 Å². The molecule has 10 heavy (non-hydrogen) atoms. The van der Waals surface area contributed by atoms with Crippen LogP contribution in [0.1, 0.15) is 6.92 Å². The molecule has 0 saturated carbocycles. The van der Waals surface area contributed by atoms with Crippen LogP contribution >= 0.6 is 23.2 Å².